The van der Waals surface area contributed by atoms with Crippen LogP contribution >= 0.6 is 0 Å². The van der Waals surface area contributed by atoms with Crippen LogP contribution in [-0.2, 0) is 6.42 Å². The molecule has 0 heteroatoms. The van der Waals surface area contributed by atoms with E-state index in [0.717, 1.165) is 19.3 Å². The zero-order valence-corrected chi connectivity index (χ0v) is 46.5. The number of rotatable bonds is 12. The Hall–Kier alpha value is -9.62. The van der Waals surface area contributed by atoms with Gasteiger partial charge in [-0.15, -0.1) is 0 Å². The molecule has 0 N–H and O–H groups in total. The van der Waals surface area contributed by atoms with Gasteiger partial charge in [0, 0.05) is 11.8 Å². The molecule has 4 aliphatic rings. The second-order valence-corrected chi connectivity index (χ2v) is 22.8. The van der Waals surface area contributed by atoms with Crippen LogP contribution in [0.2, 0.25) is 0 Å². The number of fused-ring (bicyclic) bond motifs is 9. The molecular weight excluding hydrogens is 985 g/mol. The first-order valence-corrected chi connectivity index (χ1v) is 29.4. The molecule has 0 radical (unpaired) electrons. The summed E-state index contributed by atoms with van der Waals surface area (Å²) < 4.78 is 0. The lowest BCUT2D eigenvalue weighted by atomic mass is 9.67. The van der Waals surface area contributed by atoms with Crippen LogP contribution in [-0.4, -0.2) is 0 Å². The fraction of sp³-hybridized carbons (Fsp3) is 0.0976. The second-order valence-electron chi connectivity index (χ2n) is 22.8. The Morgan fingerprint density at radius 1 is 0.451 bits per heavy atom. The molecule has 0 nitrogen and oxygen atoms in total. The Labute approximate surface area is 482 Å². The first-order chi connectivity index (χ1) is 40.5. The molecule has 0 saturated carbocycles. The molecule has 0 bridgehead atoms. The van der Waals surface area contributed by atoms with Crippen molar-refractivity contribution < 1.29 is 0 Å². The summed E-state index contributed by atoms with van der Waals surface area (Å²) in [4.78, 5) is 0. The summed E-state index contributed by atoms with van der Waals surface area (Å²) in [5.74, 6) is 0.577. The average Bonchev–Trinajstić information content (AvgIpc) is 2.00. The molecular formula is C82H62. The maximum absolute atomic E-state index is 4.00. The van der Waals surface area contributed by atoms with Crippen molar-refractivity contribution in [1.82, 2.24) is 0 Å². The molecule has 0 fully saturated rings. The molecule has 3 unspecified atom stereocenters. The van der Waals surface area contributed by atoms with Gasteiger partial charge in [0.05, 0.1) is 0 Å². The van der Waals surface area contributed by atoms with E-state index in [1.165, 1.54) is 155 Å². The number of aryl methyl sites for hydroxylation is 1. The summed E-state index contributed by atoms with van der Waals surface area (Å²) >= 11 is 0. The third-order valence-electron chi connectivity index (χ3n) is 18.2. The Bertz CT molecular complexity index is 4540. The maximum Gasteiger partial charge on any atom is 0.0174 e. The van der Waals surface area contributed by atoms with Crippen LogP contribution < -0.4 is 0 Å². The average molecular weight is 1050 g/mol. The van der Waals surface area contributed by atoms with E-state index in [-0.39, 0.29) is 17.8 Å². The quantitative estimate of drug-likeness (QED) is 0.0845. The number of hydrogen-bond donors (Lipinski definition) is 0. The lowest BCUT2D eigenvalue weighted by Gasteiger charge is -2.35. The largest absolute Gasteiger partial charge is 0.0991 e. The third kappa shape index (κ3) is 8.11. The van der Waals surface area contributed by atoms with Gasteiger partial charge in [-0.05, 0) is 230 Å². The van der Waals surface area contributed by atoms with Crippen LogP contribution in [0.15, 0.2) is 280 Å². The van der Waals surface area contributed by atoms with Crippen molar-refractivity contribution in [2.75, 3.05) is 0 Å². The highest BCUT2D eigenvalue weighted by Crippen LogP contribution is 2.69. The number of hydrogen-bond acceptors (Lipinski definition) is 0. The van der Waals surface area contributed by atoms with Gasteiger partial charge < -0.3 is 0 Å². The smallest absolute Gasteiger partial charge is 0.0174 e. The first-order valence-electron chi connectivity index (χ1n) is 29.4. The summed E-state index contributed by atoms with van der Waals surface area (Å²) in [6, 6.07) is 82.5. The highest BCUT2D eigenvalue weighted by atomic mass is 14.6. The fourth-order valence-electron chi connectivity index (χ4n) is 14.9. The third-order valence-corrected chi connectivity index (χ3v) is 18.2. The molecule has 11 aromatic carbocycles. The Kier molecular flexibility index (Phi) is 12.3. The molecule has 15 rings (SSSR count). The van der Waals surface area contributed by atoms with Gasteiger partial charge in [0.2, 0.25) is 0 Å². The molecule has 390 valence electrons. The minimum atomic E-state index is 0.162. The topological polar surface area (TPSA) is 0 Å². The van der Waals surface area contributed by atoms with Crippen molar-refractivity contribution in [3.8, 4) is 66.8 Å². The van der Waals surface area contributed by atoms with E-state index >= 15 is 0 Å². The summed E-state index contributed by atoms with van der Waals surface area (Å²) in [6.07, 6.45) is 23.6. The molecule has 0 spiro atoms. The highest BCUT2D eigenvalue weighted by Gasteiger charge is 2.53. The number of benzene rings is 11. The van der Waals surface area contributed by atoms with Crippen LogP contribution in [0.25, 0.3) is 121 Å². The van der Waals surface area contributed by atoms with Gasteiger partial charge in [0.25, 0.3) is 0 Å². The van der Waals surface area contributed by atoms with Crippen molar-refractivity contribution in [2.45, 2.75) is 39.0 Å². The summed E-state index contributed by atoms with van der Waals surface area (Å²) in [5.41, 5.74) is 29.3. The van der Waals surface area contributed by atoms with E-state index in [1.807, 2.05) is 6.08 Å². The Balaban J connectivity index is 1.08. The van der Waals surface area contributed by atoms with E-state index in [9.17, 15) is 0 Å². The van der Waals surface area contributed by atoms with Gasteiger partial charge in [-0.3, -0.25) is 0 Å². The van der Waals surface area contributed by atoms with Crippen molar-refractivity contribution in [2.24, 2.45) is 11.8 Å². The molecule has 0 heterocycles. The monoisotopic (exact) mass is 1050 g/mol. The standard InChI is InChI=1S/C82H62/c1-4-6-8-13-27-53-44-60(54-28-14-9-15-29-54)47-63(45-53)75-71-50-58-36-22-23-37-59(58)51-72(71)76(64-48-61(55-30-16-10-17-31-55)46-62(49-64)56-32-18-11-19-33-56)82-70-43-42-68-77-67(40-41-69(78(70)77)81(75)82)79-73(52(3)26-7-5-2)65-38-24-25-39-66(65)74(80(68)79)57-34-20-12-21-35-57/h4-12,14-26,28-40,42-51,69,77-78H,1,13,27,41H2,2-3H3. The van der Waals surface area contributed by atoms with Crippen molar-refractivity contribution >= 4 is 54.6 Å². The van der Waals surface area contributed by atoms with Crippen LogP contribution in [0.1, 0.15) is 66.0 Å². The Morgan fingerprint density at radius 2 is 0.963 bits per heavy atom. The van der Waals surface area contributed by atoms with E-state index < -0.39 is 0 Å². The summed E-state index contributed by atoms with van der Waals surface area (Å²) in [6.45, 7) is 8.45. The van der Waals surface area contributed by atoms with E-state index in [0.29, 0.717) is 0 Å². The van der Waals surface area contributed by atoms with Crippen molar-refractivity contribution in [3.05, 3.63) is 313 Å². The molecule has 11 aromatic rings. The van der Waals surface area contributed by atoms with Crippen molar-refractivity contribution in [1.29, 1.82) is 0 Å². The van der Waals surface area contributed by atoms with E-state index in [4.69, 9.17) is 0 Å². The molecule has 0 aromatic heterocycles. The normalized spacial score (nSPS) is 16.8. The summed E-state index contributed by atoms with van der Waals surface area (Å²) in [7, 11) is 0. The minimum absolute atomic E-state index is 0.162. The molecule has 82 heavy (non-hydrogen) atoms. The van der Waals surface area contributed by atoms with Gasteiger partial charge >= 0.3 is 0 Å². The summed E-state index contributed by atoms with van der Waals surface area (Å²) in [5, 5.41) is 7.72. The van der Waals surface area contributed by atoms with Gasteiger partial charge in [0.1, 0.15) is 0 Å². The lowest BCUT2D eigenvalue weighted by Crippen LogP contribution is -2.23. The van der Waals surface area contributed by atoms with Gasteiger partial charge in [-0.25, -0.2) is 0 Å². The molecule has 0 amide bonds. The highest BCUT2D eigenvalue weighted by molar-refractivity contribution is 6.20. The van der Waals surface area contributed by atoms with Crippen LogP contribution in [0, 0.1) is 11.8 Å². The van der Waals surface area contributed by atoms with Crippen molar-refractivity contribution in [3.63, 3.8) is 0 Å². The predicted octanol–water partition coefficient (Wildman–Crippen LogP) is 22.4. The Morgan fingerprint density at radius 3 is 1.59 bits per heavy atom. The van der Waals surface area contributed by atoms with Crippen LogP contribution in [0.5, 0.6) is 0 Å². The van der Waals surface area contributed by atoms with Gasteiger partial charge in [0.15, 0.2) is 0 Å². The first kappa shape index (κ1) is 49.4. The zero-order valence-electron chi connectivity index (χ0n) is 46.5. The minimum Gasteiger partial charge on any atom is -0.0991 e. The molecule has 0 aliphatic heterocycles. The van der Waals surface area contributed by atoms with Crippen LogP contribution in [0.4, 0.5) is 0 Å². The molecule has 3 atom stereocenters. The second kappa shape index (κ2) is 20.5. The van der Waals surface area contributed by atoms with Gasteiger partial charge in [-0.1, -0.05) is 243 Å². The van der Waals surface area contributed by atoms with Gasteiger partial charge in [-0.2, -0.15) is 0 Å². The lowest BCUT2D eigenvalue weighted by molar-refractivity contribution is 0.484. The number of allylic oxidation sites excluding steroid dienone is 13. The zero-order chi connectivity index (χ0) is 54.8. The fourth-order valence-corrected chi connectivity index (χ4v) is 14.9. The predicted molar refractivity (Wildman–Crippen MR) is 352 cm³/mol. The van der Waals surface area contributed by atoms with E-state index in [2.05, 4.69) is 287 Å². The SMILES string of the molecule is C=CC=CCCc1cc(-c2ccccc2)cc(-c2c3c(c(-c4cc(-c5ccccc5)cc(-c5ccccc5)c4)c4cc5ccccc5cc24)C2=CC=C4c5c(c(C(C)=CC=CC)c6ccccc6c5-c5ccccc5)C5=CCC3C2C54)c1. The molecule has 0 saturated heterocycles. The van der Waals surface area contributed by atoms with E-state index in [1.54, 1.807) is 0 Å². The molecule has 4 aliphatic carbocycles. The van der Waals surface area contributed by atoms with Crippen LogP contribution in [0.3, 0.4) is 0 Å². The maximum atomic E-state index is 4.00.